The summed E-state index contributed by atoms with van der Waals surface area (Å²) in [5, 5.41) is 4.21. The van der Waals surface area contributed by atoms with Crippen molar-refractivity contribution >= 4 is 28.3 Å². The number of methoxy groups -OCH3 is 1. The van der Waals surface area contributed by atoms with Crippen molar-refractivity contribution in [3.05, 3.63) is 36.3 Å². The lowest BCUT2D eigenvalue weighted by atomic mass is 10.1. The van der Waals surface area contributed by atoms with Gasteiger partial charge in [0, 0.05) is 33.4 Å². The summed E-state index contributed by atoms with van der Waals surface area (Å²) >= 11 is 0. The second-order valence-corrected chi connectivity index (χ2v) is 6.80. The highest BCUT2D eigenvalue weighted by Crippen LogP contribution is 2.33. The molecule has 1 aliphatic rings. The fraction of sp³-hybridized carbons (Fsp3) is 0.421. The average molecular weight is 353 g/mol. The van der Waals surface area contributed by atoms with Gasteiger partial charge >= 0.3 is 0 Å². The maximum Gasteiger partial charge on any atom is 0.256 e. The van der Waals surface area contributed by atoms with Crippen molar-refractivity contribution in [2.24, 2.45) is 5.92 Å². The number of hydrogen-bond acceptors (Lipinski definition) is 5. The van der Waals surface area contributed by atoms with E-state index in [9.17, 15) is 4.79 Å². The van der Waals surface area contributed by atoms with Crippen LogP contribution in [-0.2, 0) is 4.74 Å². The van der Waals surface area contributed by atoms with Crippen molar-refractivity contribution in [2.45, 2.75) is 12.8 Å². The van der Waals surface area contributed by atoms with Crippen LogP contribution in [0, 0.1) is 5.92 Å². The summed E-state index contributed by atoms with van der Waals surface area (Å²) in [5.74, 6) is 1.39. The number of nitrogens with one attached hydrogen (secondary N) is 1. The summed E-state index contributed by atoms with van der Waals surface area (Å²) in [4.78, 5) is 23.8. The monoisotopic (exact) mass is 353 g/mol. The van der Waals surface area contributed by atoms with Crippen molar-refractivity contribution in [1.29, 1.82) is 0 Å². The van der Waals surface area contributed by atoms with Crippen LogP contribution < -0.4 is 5.32 Å². The van der Waals surface area contributed by atoms with Gasteiger partial charge in [0.25, 0.3) is 5.91 Å². The highest BCUT2D eigenvalue weighted by molar-refractivity contribution is 6.16. The molecule has 3 heterocycles. The van der Waals surface area contributed by atoms with E-state index >= 15 is 0 Å². The molecule has 1 N–H and O–H groups in total. The molecule has 0 aromatic carbocycles. The van der Waals surface area contributed by atoms with Crippen molar-refractivity contribution < 1.29 is 9.53 Å². The van der Waals surface area contributed by atoms with Crippen LogP contribution in [-0.4, -0.2) is 59.0 Å². The second-order valence-electron chi connectivity index (χ2n) is 6.80. The Kier molecular flexibility index (Phi) is 4.46. The largest absolute Gasteiger partial charge is 0.383 e. The molecular formula is C19H23N5O2. The molecule has 0 spiro atoms. The van der Waals surface area contributed by atoms with Gasteiger partial charge in [-0.3, -0.25) is 4.79 Å². The zero-order valence-electron chi connectivity index (χ0n) is 15.1. The zero-order valence-corrected chi connectivity index (χ0v) is 15.1. The average Bonchev–Trinajstić information content (AvgIpc) is 3.44. The third-order valence-corrected chi connectivity index (χ3v) is 4.87. The number of ether oxygens (including phenoxy) is 1. The van der Waals surface area contributed by atoms with Gasteiger partial charge in [-0.1, -0.05) is 6.07 Å². The number of pyridine rings is 1. The molecule has 3 aromatic rings. The van der Waals surface area contributed by atoms with Gasteiger partial charge in [-0.2, -0.15) is 0 Å². The Balaban J connectivity index is 1.85. The molecule has 0 radical (unpaired) electrons. The van der Waals surface area contributed by atoms with Crippen LogP contribution in [0.4, 0.5) is 5.82 Å². The number of likely N-dealkylation sites (N-methyl/N-ethyl adjacent to an activating group) is 1. The number of anilines is 1. The first-order valence-corrected chi connectivity index (χ1v) is 8.92. The molecule has 7 nitrogen and oxygen atoms in total. The number of aromatic nitrogens is 3. The van der Waals surface area contributed by atoms with Crippen molar-refractivity contribution in [3.63, 3.8) is 0 Å². The van der Waals surface area contributed by atoms with Gasteiger partial charge in [0.05, 0.1) is 23.1 Å². The molecule has 1 aliphatic carbocycles. The molecule has 0 aliphatic heterocycles. The minimum atomic E-state index is -0.0509. The van der Waals surface area contributed by atoms with Crippen LogP contribution in [0.3, 0.4) is 0 Å². The Bertz CT molecular complexity index is 948. The number of fused-ring (bicyclic) bond motifs is 3. The maximum absolute atomic E-state index is 13.2. The number of carbonyl (C=O) groups excluding carboxylic acids is 1. The van der Waals surface area contributed by atoms with Crippen LogP contribution in [0.5, 0.6) is 0 Å². The predicted molar refractivity (Wildman–Crippen MR) is 101 cm³/mol. The number of nitrogens with zero attached hydrogens (tertiary/aromatic N) is 4. The minimum absolute atomic E-state index is 0.0509. The van der Waals surface area contributed by atoms with Gasteiger partial charge in [0.15, 0.2) is 5.65 Å². The standard InChI is InChI=1S/C19H23N5O2/c1-23(9-10-26-2)19(25)15-14-5-3-4-8-24(14)18-16(15)17(21-12-22-18)20-11-13-6-7-13/h3-5,8,12-13H,6-7,9-11H2,1-2H3,(H,20,21,22). The van der Waals surface area contributed by atoms with E-state index < -0.39 is 0 Å². The molecule has 1 fully saturated rings. The topological polar surface area (TPSA) is 71.8 Å². The number of carbonyl (C=O) groups is 1. The zero-order chi connectivity index (χ0) is 18.1. The number of hydrogen-bond donors (Lipinski definition) is 1. The quantitative estimate of drug-likeness (QED) is 0.706. The Hall–Kier alpha value is -2.67. The highest BCUT2D eigenvalue weighted by atomic mass is 16.5. The van der Waals surface area contributed by atoms with Gasteiger partial charge in [-0.15, -0.1) is 0 Å². The number of amides is 1. The van der Waals surface area contributed by atoms with E-state index in [2.05, 4.69) is 15.3 Å². The van der Waals surface area contributed by atoms with Gasteiger partial charge in [-0.05, 0) is 30.9 Å². The molecule has 0 bridgehead atoms. The first-order chi connectivity index (χ1) is 12.7. The molecule has 26 heavy (non-hydrogen) atoms. The minimum Gasteiger partial charge on any atom is -0.383 e. The first kappa shape index (κ1) is 16.8. The third-order valence-electron chi connectivity index (χ3n) is 4.87. The lowest BCUT2D eigenvalue weighted by molar-refractivity contribution is 0.0748. The molecule has 1 amide bonds. The lowest BCUT2D eigenvalue weighted by Crippen LogP contribution is -2.30. The van der Waals surface area contributed by atoms with E-state index in [4.69, 9.17) is 4.74 Å². The maximum atomic E-state index is 13.2. The summed E-state index contributed by atoms with van der Waals surface area (Å²) in [5.41, 5.74) is 2.22. The third kappa shape index (κ3) is 2.99. The predicted octanol–water partition coefficient (Wildman–Crippen LogP) is 2.42. The van der Waals surface area contributed by atoms with E-state index in [1.807, 2.05) is 28.8 Å². The van der Waals surface area contributed by atoms with Gasteiger partial charge in [0.1, 0.15) is 12.1 Å². The van der Waals surface area contributed by atoms with E-state index in [1.54, 1.807) is 25.4 Å². The van der Waals surface area contributed by atoms with Crippen molar-refractivity contribution in [3.8, 4) is 0 Å². The van der Waals surface area contributed by atoms with E-state index in [0.29, 0.717) is 24.6 Å². The normalized spacial score (nSPS) is 14.1. The number of rotatable bonds is 7. The molecule has 136 valence electrons. The summed E-state index contributed by atoms with van der Waals surface area (Å²) < 4.78 is 7.07. The summed E-state index contributed by atoms with van der Waals surface area (Å²) in [6.07, 6.45) is 6.00. The molecular weight excluding hydrogens is 330 g/mol. The van der Waals surface area contributed by atoms with Crippen LogP contribution in [0.15, 0.2) is 30.7 Å². The second kappa shape index (κ2) is 6.92. The lowest BCUT2D eigenvalue weighted by Gasteiger charge is -2.17. The Morgan fingerprint density at radius 2 is 2.23 bits per heavy atom. The summed E-state index contributed by atoms with van der Waals surface area (Å²) in [6.45, 7) is 1.90. The van der Waals surface area contributed by atoms with E-state index in [0.717, 1.165) is 28.9 Å². The fourth-order valence-electron chi connectivity index (χ4n) is 3.18. The smallest absolute Gasteiger partial charge is 0.256 e. The fourth-order valence-corrected chi connectivity index (χ4v) is 3.18. The molecule has 0 unspecified atom stereocenters. The highest BCUT2D eigenvalue weighted by Gasteiger charge is 2.26. The van der Waals surface area contributed by atoms with Crippen LogP contribution >= 0.6 is 0 Å². The molecule has 0 atom stereocenters. The molecule has 3 aromatic heterocycles. The molecule has 0 saturated heterocycles. The summed E-state index contributed by atoms with van der Waals surface area (Å²) in [6, 6.07) is 5.82. The van der Waals surface area contributed by atoms with Gasteiger partial charge < -0.3 is 19.4 Å². The molecule has 1 saturated carbocycles. The molecule has 7 heteroatoms. The summed E-state index contributed by atoms with van der Waals surface area (Å²) in [7, 11) is 3.43. The first-order valence-electron chi connectivity index (χ1n) is 8.92. The van der Waals surface area contributed by atoms with Crippen LogP contribution in [0.2, 0.25) is 0 Å². The van der Waals surface area contributed by atoms with Crippen LogP contribution in [0.1, 0.15) is 23.2 Å². The van der Waals surface area contributed by atoms with E-state index in [1.165, 1.54) is 12.8 Å². The van der Waals surface area contributed by atoms with Gasteiger partial charge in [-0.25, -0.2) is 9.97 Å². The van der Waals surface area contributed by atoms with Crippen molar-refractivity contribution in [2.75, 3.05) is 39.2 Å². The Labute approximate surface area is 152 Å². The van der Waals surface area contributed by atoms with E-state index in [-0.39, 0.29) is 5.91 Å². The Morgan fingerprint density at radius 3 is 3.00 bits per heavy atom. The van der Waals surface area contributed by atoms with Crippen LogP contribution in [0.25, 0.3) is 16.6 Å². The Morgan fingerprint density at radius 1 is 1.38 bits per heavy atom. The van der Waals surface area contributed by atoms with Crippen molar-refractivity contribution in [1.82, 2.24) is 19.3 Å². The SMILES string of the molecule is COCCN(C)C(=O)c1c2c(NCC3CC3)ncnc2n2ccccc12. The van der Waals surface area contributed by atoms with Gasteiger partial charge in [0.2, 0.25) is 0 Å². The molecule has 4 rings (SSSR count).